The van der Waals surface area contributed by atoms with E-state index in [2.05, 4.69) is 40.9 Å². The van der Waals surface area contributed by atoms with E-state index in [4.69, 9.17) is 0 Å². The average Bonchev–Trinajstić information content (AvgIpc) is 2.38. The Kier molecular flexibility index (Phi) is 9.55. The van der Waals surface area contributed by atoms with Crippen LogP contribution in [0.3, 0.4) is 0 Å². The second kappa shape index (κ2) is 10.00. The second-order valence-corrected chi connectivity index (χ2v) is 5.93. The molecule has 0 aromatic carbocycles. The lowest BCUT2D eigenvalue weighted by atomic mass is 9.84. The van der Waals surface area contributed by atoms with E-state index in [0.29, 0.717) is 5.92 Å². The third-order valence-corrected chi connectivity index (χ3v) is 4.15. The van der Waals surface area contributed by atoms with Crippen LogP contribution in [-0.4, -0.2) is 0 Å². The Labute approximate surface area is 119 Å². The van der Waals surface area contributed by atoms with Crippen molar-refractivity contribution in [1.82, 2.24) is 0 Å². The van der Waals surface area contributed by atoms with Crippen LogP contribution in [0.2, 0.25) is 0 Å². The second-order valence-electron chi connectivity index (χ2n) is 5.93. The summed E-state index contributed by atoms with van der Waals surface area (Å²) >= 11 is 0. The average molecular weight is 266 g/mol. The molecule has 3 atom stereocenters. The predicted octanol–water partition coefficient (Wildman–Crippen LogP) is 6.46. The van der Waals surface area contributed by atoms with E-state index < -0.39 is 5.83 Å². The standard InChI is InChI=1S/C18H31F/c1-7-8-9-14(2)15(3)10-11-16(4)17(5)12-13-18(6)19/h12-16H,5-11H2,1-4H3/b13-12-. The summed E-state index contributed by atoms with van der Waals surface area (Å²) in [4.78, 5) is 0. The molecule has 0 aromatic heterocycles. The molecule has 0 aromatic rings. The lowest BCUT2D eigenvalue weighted by Gasteiger charge is -2.21. The van der Waals surface area contributed by atoms with Crippen molar-refractivity contribution < 1.29 is 4.39 Å². The van der Waals surface area contributed by atoms with E-state index in [1.165, 1.54) is 31.8 Å². The Morgan fingerprint density at radius 2 is 1.58 bits per heavy atom. The van der Waals surface area contributed by atoms with Crippen molar-refractivity contribution in [3.8, 4) is 0 Å². The summed E-state index contributed by atoms with van der Waals surface area (Å²) in [5.41, 5.74) is 0.993. The SMILES string of the molecule is C=C(F)/C=C\C(=C)C(C)CCC(C)C(C)CCCC. The van der Waals surface area contributed by atoms with Gasteiger partial charge in [0.25, 0.3) is 0 Å². The molecule has 0 saturated heterocycles. The van der Waals surface area contributed by atoms with E-state index in [1.54, 1.807) is 6.08 Å². The first kappa shape index (κ1) is 18.1. The fraction of sp³-hybridized carbons (Fsp3) is 0.667. The molecule has 0 N–H and O–H groups in total. The monoisotopic (exact) mass is 266 g/mol. The van der Waals surface area contributed by atoms with Crippen molar-refractivity contribution in [2.75, 3.05) is 0 Å². The molecule has 0 amide bonds. The van der Waals surface area contributed by atoms with Gasteiger partial charge in [0.15, 0.2) is 0 Å². The van der Waals surface area contributed by atoms with Crippen molar-refractivity contribution in [3.63, 3.8) is 0 Å². The molecule has 19 heavy (non-hydrogen) atoms. The molecule has 0 aliphatic carbocycles. The lowest BCUT2D eigenvalue weighted by Crippen LogP contribution is -2.10. The van der Waals surface area contributed by atoms with Gasteiger partial charge in [-0.1, -0.05) is 71.8 Å². The van der Waals surface area contributed by atoms with Gasteiger partial charge in [0.1, 0.15) is 5.83 Å². The van der Waals surface area contributed by atoms with Gasteiger partial charge in [0, 0.05) is 0 Å². The third kappa shape index (κ3) is 8.80. The van der Waals surface area contributed by atoms with Crippen LogP contribution in [0.25, 0.3) is 0 Å². The molecule has 1 heteroatoms. The zero-order valence-electron chi connectivity index (χ0n) is 13.2. The molecule has 0 aliphatic rings. The van der Waals surface area contributed by atoms with Crippen molar-refractivity contribution in [2.45, 2.75) is 59.8 Å². The normalized spacial score (nSPS) is 16.3. The van der Waals surface area contributed by atoms with E-state index in [0.717, 1.165) is 23.8 Å². The summed E-state index contributed by atoms with van der Waals surface area (Å²) in [6.45, 7) is 16.3. The van der Waals surface area contributed by atoms with Gasteiger partial charge in [-0.3, -0.25) is 0 Å². The summed E-state index contributed by atoms with van der Waals surface area (Å²) in [5.74, 6) is 1.55. The fourth-order valence-corrected chi connectivity index (χ4v) is 2.16. The number of hydrogen-bond acceptors (Lipinski definition) is 0. The molecule has 0 spiro atoms. The van der Waals surface area contributed by atoms with Gasteiger partial charge < -0.3 is 0 Å². The minimum Gasteiger partial charge on any atom is -0.208 e. The number of unbranched alkanes of at least 4 members (excludes halogenated alkanes) is 1. The van der Waals surface area contributed by atoms with Gasteiger partial charge in [-0.05, 0) is 36.7 Å². The van der Waals surface area contributed by atoms with E-state index in [9.17, 15) is 4.39 Å². The fourth-order valence-electron chi connectivity index (χ4n) is 2.16. The first-order valence-electron chi connectivity index (χ1n) is 7.59. The van der Waals surface area contributed by atoms with Crippen molar-refractivity contribution in [1.29, 1.82) is 0 Å². The van der Waals surface area contributed by atoms with Gasteiger partial charge in [0.05, 0.1) is 0 Å². The number of hydrogen-bond donors (Lipinski definition) is 0. The Hall–Kier alpha value is -0.850. The van der Waals surface area contributed by atoms with Crippen LogP contribution in [0.5, 0.6) is 0 Å². The quantitative estimate of drug-likeness (QED) is 0.398. The van der Waals surface area contributed by atoms with Crippen LogP contribution in [0.15, 0.2) is 36.7 Å². The molecule has 0 saturated carbocycles. The summed E-state index contributed by atoms with van der Waals surface area (Å²) in [7, 11) is 0. The maximum Gasteiger partial charge on any atom is 0.116 e. The molecule has 0 radical (unpaired) electrons. The van der Waals surface area contributed by atoms with Gasteiger partial charge in [0.2, 0.25) is 0 Å². The molecule has 0 rings (SSSR count). The Morgan fingerprint density at radius 1 is 1.00 bits per heavy atom. The van der Waals surface area contributed by atoms with Crippen LogP contribution < -0.4 is 0 Å². The third-order valence-electron chi connectivity index (χ3n) is 4.15. The van der Waals surface area contributed by atoms with Crippen LogP contribution in [-0.2, 0) is 0 Å². The summed E-state index contributed by atoms with van der Waals surface area (Å²) in [6.07, 6.45) is 9.42. The molecule has 0 bridgehead atoms. The predicted molar refractivity (Wildman–Crippen MR) is 84.8 cm³/mol. The summed E-state index contributed by atoms with van der Waals surface area (Å²) in [5, 5.41) is 0. The number of halogens is 1. The smallest absolute Gasteiger partial charge is 0.116 e. The Morgan fingerprint density at radius 3 is 2.11 bits per heavy atom. The van der Waals surface area contributed by atoms with Crippen LogP contribution in [0.4, 0.5) is 4.39 Å². The molecule has 0 fully saturated rings. The molecular formula is C18H31F. The topological polar surface area (TPSA) is 0 Å². The highest BCUT2D eigenvalue weighted by molar-refractivity contribution is 5.22. The van der Waals surface area contributed by atoms with Gasteiger partial charge >= 0.3 is 0 Å². The van der Waals surface area contributed by atoms with Gasteiger partial charge in [-0.2, -0.15) is 0 Å². The molecule has 110 valence electrons. The highest BCUT2D eigenvalue weighted by atomic mass is 19.1. The summed E-state index contributed by atoms with van der Waals surface area (Å²) in [6, 6.07) is 0. The minimum absolute atomic E-state index is 0.407. The van der Waals surface area contributed by atoms with E-state index >= 15 is 0 Å². The lowest BCUT2D eigenvalue weighted by molar-refractivity contribution is 0.318. The summed E-state index contributed by atoms with van der Waals surface area (Å²) < 4.78 is 12.5. The van der Waals surface area contributed by atoms with Crippen molar-refractivity contribution in [3.05, 3.63) is 36.7 Å². The van der Waals surface area contributed by atoms with Crippen LogP contribution >= 0.6 is 0 Å². The molecule has 0 heterocycles. The molecule has 0 aliphatic heterocycles. The van der Waals surface area contributed by atoms with Crippen LogP contribution in [0.1, 0.15) is 59.8 Å². The Bertz CT molecular complexity index is 301. The van der Waals surface area contributed by atoms with E-state index in [-0.39, 0.29) is 0 Å². The minimum atomic E-state index is -0.407. The van der Waals surface area contributed by atoms with Gasteiger partial charge in [-0.15, -0.1) is 0 Å². The highest BCUT2D eigenvalue weighted by Crippen LogP contribution is 2.26. The molecule has 0 nitrogen and oxygen atoms in total. The number of allylic oxidation sites excluding steroid dienone is 4. The molecular weight excluding hydrogens is 235 g/mol. The van der Waals surface area contributed by atoms with Crippen LogP contribution in [0, 0.1) is 17.8 Å². The maximum absolute atomic E-state index is 12.5. The number of rotatable bonds is 10. The zero-order chi connectivity index (χ0) is 14.8. The van der Waals surface area contributed by atoms with Crippen molar-refractivity contribution in [2.24, 2.45) is 17.8 Å². The molecule has 3 unspecified atom stereocenters. The van der Waals surface area contributed by atoms with Gasteiger partial charge in [-0.25, -0.2) is 4.39 Å². The van der Waals surface area contributed by atoms with Crippen molar-refractivity contribution >= 4 is 0 Å². The first-order valence-corrected chi connectivity index (χ1v) is 7.59. The Balaban J connectivity index is 4.03. The highest BCUT2D eigenvalue weighted by Gasteiger charge is 2.13. The maximum atomic E-state index is 12.5. The van der Waals surface area contributed by atoms with E-state index in [1.807, 2.05) is 0 Å². The largest absolute Gasteiger partial charge is 0.208 e. The first-order chi connectivity index (χ1) is 8.88. The zero-order valence-corrected chi connectivity index (χ0v) is 13.2.